The van der Waals surface area contributed by atoms with E-state index in [1.54, 1.807) is 31.4 Å². The molecule has 2 aliphatic rings. The van der Waals surface area contributed by atoms with Crippen molar-refractivity contribution in [1.29, 1.82) is 0 Å². The van der Waals surface area contributed by atoms with Crippen molar-refractivity contribution in [3.63, 3.8) is 0 Å². The second-order valence-corrected chi connectivity index (χ2v) is 9.35. The zero-order chi connectivity index (χ0) is 23.3. The number of hydrogen-bond acceptors (Lipinski definition) is 4. The van der Waals surface area contributed by atoms with Crippen molar-refractivity contribution in [2.75, 3.05) is 46.4 Å². The van der Waals surface area contributed by atoms with Crippen LogP contribution in [0.5, 0.6) is 5.75 Å². The number of amides is 2. The minimum atomic E-state index is -0.404. The molecule has 0 bridgehead atoms. The summed E-state index contributed by atoms with van der Waals surface area (Å²) in [6.45, 7) is 4.43. The molecule has 1 N–H and O–H groups in total. The number of nitrogens with zero attached hydrogens (tertiary/aromatic N) is 2. The third-order valence-electron chi connectivity index (χ3n) is 6.99. The Morgan fingerprint density at radius 1 is 0.970 bits per heavy atom. The molecule has 6 nitrogen and oxygen atoms in total. The third-order valence-corrected chi connectivity index (χ3v) is 7.24. The van der Waals surface area contributed by atoms with Gasteiger partial charge in [0.2, 0.25) is 5.91 Å². The van der Waals surface area contributed by atoms with E-state index in [1.807, 2.05) is 29.2 Å². The molecular formula is C26H32ClN3O3. The van der Waals surface area contributed by atoms with Crippen LogP contribution in [-0.2, 0) is 10.2 Å². The average Bonchev–Trinajstić information content (AvgIpc) is 3.35. The highest BCUT2D eigenvalue weighted by Crippen LogP contribution is 2.43. The summed E-state index contributed by atoms with van der Waals surface area (Å²) in [5.74, 6) is 0.904. The molecule has 0 spiro atoms. The van der Waals surface area contributed by atoms with E-state index in [1.165, 1.54) is 0 Å². The van der Waals surface area contributed by atoms with E-state index in [0.717, 1.165) is 69.7 Å². The largest absolute Gasteiger partial charge is 0.497 e. The topological polar surface area (TPSA) is 61.9 Å². The molecule has 0 unspecified atom stereocenters. The lowest BCUT2D eigenvalue weighted by Gasteiger charge is -2.40. The first-order chi connectivity index (χ1) is 16.0. The van der Waals surface area contributed by atoms with Crippen molar-refractivity contribution in [2.45, 2.75) is 31.1 Å². The van der Waals surface area contributed by atoms with Gasteiger partial charge in [-0.15, -0.1) is 0 Å². The van der Waals surface area contributed by atoms with Crippen molar-refractivity contribution in [3.8, 4) is 5.75 Å². The van der Waals surface area contributed by atoms with Crippen molar-refractivity contribution in [1.82, 2.24) is 15.1 Å². The van der Waals surface area contributed by atoms with Crippen molar-refractivity contribution in [3.05, 3.63) is 64.7 Å². The molecule has 33 heavy (non-hydrogen) atoms. The van der Waals surface area contributed by atoms with E-state index in [-0.39, 0.29) is 11.8 Å². The normalized spacial score (nSPS) is 18.2. The van der Waals surface area contributed by atoms with Crippen LogP contribution < -0.4 is 10.1 Å². The Hall–Kier alpha value is -2.57. The fourth-order valence-electron chi connectivity index (χ4n) is 5.02. The number of piperazine rings is 1. The highest BCUT2D eigenvalue weighted by Gasteiger charge is 2.45. The summed E-state index contributed by atoms with van der Waals surface area (Å²) in [7, 11) is 1.60. The van der Waals surface area contributed by atoms with Crippen LogP contribution in [0.2, 0.25) is 5.02 Å². The summed E-state index contributed by atoms with van der Waals surface area (Å²) in [4.78, 5) is 30.3. The molecule has 4 rings (SSSR count). The number of hydrogen-bond donors (Lipinski definition) is 1. The van der Waals surface area contributed by atoms with E-state index in [9.17, 15) is 9.59 Å². The molecule has 2 aromatic carbocycles. The third kappa shape index (κ3) is 5.33. The van der Waals surface area contributed by atoms with Gasteiger partial charge in [0, 0.05) is 49.9 Å². The Labute approximate surface area is 200 Å². The lowest BCUT2D eigenvalue weighted by molar-refractivity contribution is -0.139. The van der Waals surface area contributed by atoms with Crippen LogP contribution in [0, 0.1) is 0 Å². The van der Waals surface area contributed by atoms with Gasteiger partial charge in [-0.2, -0.15) is 0 Å². The second kappa shape index (κ2) is 10.6. The van der Waals surface area contributed by atoms with Gasteiger partial charge >= 0.3 is 0 Å². The molecule has 2 fully saturated rings. The van der Waals surface area contributed by atoms with E-state index in [0.29, 0.717) is 17.1 Å². The van der Waals surface area contributed by atoms with Crippen LogP contribution in [0.25, 0.3) is 0 Å². The molecule has 0 radical (unpaired) electrons. The molecule has 1 aliphatic heterocycles. The zero-order valence-electron chi connectivity index (χ0n) is 19.2. The standard InChI is InChI=1S/C26H32ClN3O3/c1-33-23-10-4-20(5-11-23)24(31)28-14-15-29-16-18-30(19-17-29)25(32)26(12-2-3-13-26)21-6-8-22(27)9-7-21/h4-11H,2-3,12-19H2,1H3,(H,28,31). The highest BCUT2D eigenvalue weighted by atomic mass is 35.5. The van der Waals surface area contributed by atoms with Crippen LogP contribution >= 0.6 is 11.6 Å². The van der Waals surface area contributed by atoms with Gasteiger partial charge in [0.15, 0.2) is 0 Å². The molecule has 1 aliphatic carbocycles. The number of nitrogens with one attached hydrogen (secondary N) is 1. The molecule has 2 amide bonds. The molecule has 1 saturated heterocycles. The van der Waals surface area contributed by atoms with Crippen molar-refractivity contribution >= 4 is 23.4 Å². The van der Waals surface area contributed by atoms with Crippen LogP contribution in [0.3, 0.4) is 0 Å². The Balaban J connectivity index is 1.27. The first kappa shape index (κ1) is 23.6. The molecule has 1 saturated carbocycles. The number of carbonyl (C=O) groups is 2. The van der Waals surface area contributed by atoms with Gasteiger partial charge < -0.3 is 15.0 Å². The monoisotopic (exact) mass is 469 g/mol. The van der Waals surface area contributed by atoms with Crippen molar-refractivity contribution in [2.24, 2.45) is 0 Å². The van der Waals surface area contributed by atoms with E-state index in [4.69, 9.17) is 16.3 Å². The molecule has 176 valence electrons. The van der Waals surface area contributed by atoms with Gasteiger partial charge in [-0.05, 0) is 54.8 Å². The number of ether oxygens (including phenoxy) is 1. The first-order valence-electron chi connectivity index (χ1n) is 11.7. The van der Waals surface area contributed by atoms with Gasteiger partial charge in [-0.25, -0.2) is 0 Å². The summed E-state index contributed by atoms with van der Waals surface area (Å²) in [5.41, 5.74) is 1.31. The Kier molecular flexibility index (Phi) is 7.56. The predicted molar refractivity (Wildman–Crippen MR) is 130 cm³/mol. The maximum Gasteiger partial charge on any atom is 0.251 e. The maximum absolute atomic E-state index is 13.6. The minimum Gasteiger partial charge on any atom is -0.497 e. The van der Waals surface area contributed by atoms with Crippen LogP contribution in [-0.4, -0.2) is 68.0 Å². The number of methoxy groups -OCH3 is 1. The molecular weight excluding hydrogens is 438 g/mol. The summed E-state index contributed by atoms with van der Waals surface area (Å²) >= 11 is 6.08. The summed E-state index contributed by atoms with van der Waals surface area (Å²) in [6.07, 6.45) is 3.99. The molecule has 1 heterocycles. The number of carbonyl (C=O) groups excluding carboxylic acids is 2. The Bertz CT molecular complexity index is 948. The van der Waals surface area contributed by atoms with E-state index >= 15 is 0 Å². The van der Waals surface area contributed by atoms with Gasteiger partial charge in [-0.3, -0.25) is 14.5 Å². The van der Waals surface area contributed by atoms with Gasteiger partial charge in [0.1, 0.15) is 5.75 Å². The predicted octanol–water partition coefficient (Wildman–Crippen LogP) is 3.73. The number of benzene rings is 2. The van der Waals surface area contributed by atoms with Crippen LogP contribution in [0.1, 0.15) is 41.6 Å². The second-order valence-electron chi connectivity index (χ2n) is 8.91. The molecule has 7 heteroatoms. The first-order valence-corrected chi connectivity index (χ1v) is 12.1. The van der Waals surface area contributed by atoms with Gasteiger partial charge in [0.25, 0.3) is 5.91 Å². The fraction of sp³-hybridized carbons (Fsp3) is 0.462. The van der Waals surface area contributed by atoms with Crippen molar-refractivity contribution < 1.29 is 14.3 Å². The molecule has 2 aromatic rings. The average molecular weight is 470 g/mol. The van der Waals surface area contributed by atoms with E-state index < -0.39 is 5.41 Å². The summed E-state index contributed by atoms with van der Waals surface area (Å²) in [5, 5.41) is 3.68. The molecule has 0 atom stereocenters. The lowest BCUT2D eigenvalue weighted by atomic mass is 9.77. The van der Waals surface area contributed by atoms with E-state index in [2.05, 4.69) is 10.2 Å². The fourth-order valence-corrected chi connectivity index (χ4v) is 5.15. The summed E-state index contributed by atoms with van der Waals surface area (Å²) in [6, 6.07) is 14.9. The Morgan fingerprint density at radius 2 is 1.61 bits per heavy atom. The van der Waals surface area contributed by atoms with Gasteiger partial charge in [-0.1, -0.05) is 36.6 Å². The lowest BCUT2D eigenvalue weighted by Crippen LogP contribution is -2.54. The van der Waals surface area contributed by atoms with Crippen LogP contribution in [0.4, 0.5) is 0 Å². The zero-order valence-corrected chi connectivity index (χ0v) is 19.9. The smallest absolute Gasteiger partial charge is 0.251 e. The SMILES string of the molecule is COc1ccc(C(=O)NCCN2CCN(C(=O)C3(c4ccc(Cl)cc4)CCCC3)CC2)cc1. The number of halogens is 1. The summed E-state index contributed by atoms with van der Waals surface area (Å²) < 4.78 is 5.13. The van der Waals surface area contributed by atoms with Crippen LogP contribution in [0.15, 0.2) is 48.5 Å². The maximum atomic E-state index is 13.6. The molecule has 0 aromatic heterocycles. The minimum absolute atomic E-state index is 0.0855. The van der Waals surface area contributed by atoms with Gasteiger partial charge in [0.05, 0.1) is 12.5 Å². The quantitative estimate of drug-likeness (QED) is 0.671. The number of rotatable bonds is 7. The highest BCUT2D eigenvalue weighted by molar-refractivity contribution is 6.30. The Morgan fingerprint density at radius 3 is 2.21 bits per heavy atom.